The molecule has 1 spiro atoms. The van der Waals surface area contributed by atoms with Crippen molar-refractivity contribution in [3.05, 3.63) is 51.4 Å². The van der Waals surface area contributed by atoms with Crippen molar-refractivity contribution in [2.45, 2.75) is 32.0 Å². The summed E-state index contributed by atoms with van der Waals surface area (Å²) in [6, 6.07) is 4.33. The Morgan fingerprint density at radius 1 is 1.43 bits per heavy atom. The predicted molar refractivity (Wildman–Crippen MR) is 115 cm³/mol. The van der Waals surface area contributed by atoms with Crippen LogP contribution in [0.2, 0.25) is 10.0 Å². The number of benzene rings is 1. The highest BCUT2D eigenvalue weighted by atomic mass is 35.5. The van der Waals surface area contributed by atoms with E-state index in [0.29, 0.717) is 35.0 Å². The van der Waals surface area contributed by atoms with Crippen molar-refractivity contribution in [2.75, 3.05) is 25.4 Å². The summed E-state index contributed by atoms with van der Waals surface area (Å²) in [5.74, 6) is 6.12. The Labute approximate surface area is 184 Å². The lowest BCUT2D eigenvalue weighted by Gasteiger charge is -2.19. The average molecular weight is 450 g/mol. The normalized spacial score (nSPS) is 20.6. The monoisotopic (exact) mass is 449 g/mol. The van der Waals surface area contributed by atoms with Crippen LogP contribution in [0.25, 0.3) is 0 Å². The van der Waals surface area contributed by atoms with Gasteiger partial charge in [0.05, 0.1) is 17.7 Å². The van der Waals surface area contributed by atoms with E-state index in [1.165, 1.54) is 12.1 Å². The number of anilines is 1. The maximum atomic E-state index is 13.8. The number of aliphatic hydroxyl groups is 1. The molecular formula is C22H22Cl2FN3O2. The zero-order valence-corrected chi connectivity index (χ0v) is 18.0. The summed E-state index contributed by atoms with van der Waals surface area (Å²) in [7, 11) is 0. The summed E-state index contributed by atoms with van der Waals surface area (Å²) < 4.78 is 19.7. The molecule has 1 saturated carbocycles. The van der Waals surface area contributed by atoms with Gasteiger partial charge in [0.15, 0.2) is 11.6 Å². The minimum atomic E-state index is -0.645. The Bertz CT molecular complexity index is 1030. The van der Waals surface area contributed by atoms with Crippen molar-refractivity contribution in [3.63, 3.8) is 0 Å². The maximum Gasteiger partial charge on any atom is 0.166 e. The number of β-amino-alcohol motifs (C(OH)–C–C–N with tert-alkyl or cyclic N) is 1. The van der Waals surface area contributed by atoms with Gasteiger partial charge in [-0.1, -0.05) is 35.0 Å². The van der Waals surface area contributed by atoms with Crippen LogP contribution in [0.5, 0.6) is 5.75 Å². The molecule has 2 aliphatic rings. The Hall–Kier alpha value is -2.04. The number of halogens is 3. The lowest BCUT2D eigenvalue weighted by molar-refractivity contribution is 0.132. The summed E-state index contributed by atoms with van der Waals surface area (Å²) >= 11 is 12.2. The molecule has 3 N–H and O–H groups in total. The van der Waals surface area contributed by atoms with E-state index in [4.69, 9.17) is 33.7 Å². The van der Waals surface area contributed by atoms with Gasteiger partial charge in [-0.2, -0.15) is 0 Å². The van der Waals surface area contributed by atoms with Crippen molar-refractivity contribution >= 4 is 29.0 Å². The van der Waals surface area contributed by atoms with E-state index in [9.17, 15) is 9.50 Å². The number of pyridine rings is 1. The van der Waals surface area contributed by atoms with Gasteiger partial charge in [0.1, 0.15) is 11.9 Å². The summed E-state index contributed by atoms with van der Waals surface area (Å²) in [6.07, 6.45) is 2.87. The summed E-state index contributed by atoms with van der Waals surface area (Å²) in [5, 5.41) is 10.4. The van der Waals surface area contributed by atoms with Crippen LogP contribution in [0.3, 0.4) is 0 Å². The van der Waals surface area contributed by atoms with Crippen LogP contribution in [0.1, 0.15) is 37.0 Å². The number of likely N-dealkylation sites (tertiary alicyclic amines) is 1. The molecule has 158 valence electrons. The molecule has 1 aromatic heterocycles. The molecule has 4 rings (SSSR count). The Kier molecular flexibility index (Phi) is 5.82. The van der Waals surface area contributed by atoms with Crippen molar-refractivity contribution < 1.29 is 14.2 Å². The van der Waals surface area contributed by atoms with Gasteiger partial charge < -0.3 is 15.6 Å². The first-order chi connectivity index (χ1) is 14.3. The molecule has 2 fully saturated rings. The fourth-order valence-electron chi connectivity index (χ4n) is 3.86. The lowest BCUT2D eigenvalue weighted by atomic mass is 10.0. The number of nitrogen functional groups attached to an aromatic ring is 1. The molecule has 2 unspecified atom stereocenters. The fourth-order valence-corrected chi connectivity index (χ4v) is 4.54. The van der Waals surface area contributed by atoms with Gasteiger partial charge in [-0.15, -0.1) is 0 Å². The number of rotatable bonds is 4. The number of hydrogen-bond donors (Lipinski definition) is 2. The third kappa shape index (κ3) is 4.21. The zero-order chi connectivity index (χ0) is 21.5. The van der Waals surface area contributed by atoms with Gasteiger partial charge >= 0.3 is 0 Å². The number of hydrogen-bond acceptors (Lipinski definition) is 5. The molecule has 2 atom stereocenters. The van der Waals surface area contributed by atoms with Crippen LogP contribution >= 0.6 is 23.2 Å². The fraction of sp³-hybridized carbons (Fsp3) is 0.409. The van der Waals surface area contributed by atoms with Crippen LogP contribution in [0.4, 0.5) is 10.2 Å². The first kappa shape index (κ1) is 21.2. The van der Waals surface area contributed by atoms with Gasteiger partial charge in [0.2, 0.25) is 0 Å². The molecule has 0 radical (unpaired) electrons. The molecular weight excluding hydrogens is 428 g/mol. The topological polar surface area (TPSA) is 71.6 Å². The first-order valence-corrected chi connectivity index (χ1v) is 10.5. The van der Waals surface area contributed by atoms with Gasteiger partial charge in [-0.25, -0.2) is 9.37 Å². The Morgan fingerprint density at radius 3 is 2.90 bits per heavy atom. The molecule has 8 heteroatoms. The van der Waals surface area contributed by atoms with E-state index in [1.54, 1.807) is 19.2 Å². The smallest absolute Gasteiger partial charge is 0.166 e. The van der Waals surface area contributed by atoms with Crippen LogP contribution in [-0.4, -0.2) is 40.7 Å². The molecule has 1 aliphatic carbocycles. The third-order valence-corrected chi connectivity index (χ3v) is 6.49. The van der Waals surface area contributed by atoms with E-state index in [1.807, 2.05) is 0 Å². The summed E-state index contributed by atoms with van der Waals surface area (Å²) in [5.41, 5.74) is 7.04. The van der Waals surface area contributed by atoms with Crippen molar-refractivity contribution in [3.8, 4) is 17.6 Å². The maximum absolute atomic E-state index is 13.8. The predicted octanol–water partition coefficient (Wildman–Crippen LogP) is 4.06. The van der Waals surface area contributed by atoms with Gasteiger partial charge in [0, 0.05) is 46.9 Å². The van der Waals surface area contributed by atoms with E-state index in [0.717, 1.165) is 19.4 Å². The molecule has 5 nitrogen and oxygen atoms in total. The van der Waals surface area contributed by atoms with E-state index in [-0.39, 0.29) is 22.4 Å². The molecule has 0 amide bonds. The van der Waals surface area contributed by atoms with Crippen LogP contribution in [0, 0.1) is 23.1 Å². The Balaban J connectivity index is 1.46. The molecule has 1 saturated heterocycles. The van der Waals surface area contributed by atoms with E-state index >= 15 is 0 Å². The molecule has 0 bridgehead atoms. The highest BCUT2D eigenvalue weighted by Gasteiger charge is 2.54. The highest BCUT2D eigenvalue weighted by Crippen LogP contribution is 2.52. The summed E-state index contributed by atoms with van der Waals surface area (Å²) in [4.78, 5) is 6.31. The minimum Gasteiger partial charge on any atom is -0.482 e. The number of nitrogens with two attached hydrogens (primary N) is 1. The quantitative estimate of drug-likeness (QED) is 0.543. The third-order valence-electron chi connectivity index (χ3n) is 5.78. The van der Waals surface area contributed by atoms with Crippen LogP contribution in [-0.2, 0) is 0 Å². The van der Waals surface area contributed by atoms with Crippen molar-refractivity contribution in [1.82, 2.24) is 9.88 Å². The number of nitrogens with zero attached hydrogens (tertiary/aromatic N) is 2. The van der Waals surface area contributed by atoms with Gasteiger partial charge in [0.25, 0.3) is 0 Å². The summed E-state index contributed by atoms with van der Waals surface area (Å²) in [6.45, 7) is 3.83. The number of ether oxygens (including phenoxy) is 1. The average Bonchev–Trinajstić information content (AvgIpc) is 3.41. The standard InChI is InChI=1S/C22H22Cl2FN3O2/c1-13(19-15(23)4-5-16(25)20(19)24)30-17-9-14(10-27-21(17)26)3-2-8-28-11-18(29)22(12-28)6-7-22/h4-5,9-10,13,18,29H,6-8,11-12H2,1H3,(H2,26,27). The molecule has 1 aromatic carbocycles. The second kappa shape index (κ2) is 8.24. The molecule has 1 aliphatic heterocycles. The van der Waals surface area contributed by atoms with Crippen LogP contribution in [0.15, 0.2) is 24.4 Å². The first-order valence-electron chi connectivity index (χ1n) is 9.74. The highest BCUT2D eigenvalue weighted by molar-refractivity contribution is 6.36. The molecule has 2 heterocycles. The van der Waals surface area contributed by atoms with Gasteiger partial charge in [-0.05, 0) is 31.9 Å². The molecule has 30 heavy (non-hydrogen) atoms. The van der Waals surface area contributed by atoms with E-state index < -0.39 is 11.9 Å². The largest absolute Gasteiger partial charge is 0.482 e. The number of aromatic nitrogens is 1. The zero-order valence-electron chi connectivity index (χ0n) is 16.5. The van der Waals surface area contributed by atoms with Gasteiger partial charge in [-0.3, -0.25) is 4.90 Å². The SMILES string of the molecule is CC(Oc1cc(C#CCN2CC(O)C3(CC3)C2)cnc1N)c1c(Cl)ccc(F)c1Cl. The van der Waals surface area contributed by atoms with Crippen LogP contribution < -0.4 is 10.5 Å². The second-order valence-electron chi connectivity index (χ2n) is 7.97. The lowest BCUT2D eigenvalue weighted by Crippen LogP contribution is -2.22. The number of aliphatic hydroxyl groups excluding tert-OH is 1. The Morgan fingerprint density at radius 2 is 2.20 bits per heavy atom. The van der Waals surface area contributed by atoms with Crippen molar-refractivity contribution in [1.29, 1.82) is 0 Å². The van der Waals surface area contributed by atoms with Crippen molar-refractivity contribution in [2.24, 2.45) is 5.41 Å². The van der Waals surface area contributed by atoms with E-state index in [2.05, 4.69) is 21.7 Å². The second-order valence-corrected chi connectivity index (χ2v) is 8.76. The minimum absolute atomic E-state index is 0.0845. The molecule has 2 aromatic rings.